The second-order valence-corrected chi connectivity index (χ2v) is 4.89. The number of hydrogen-bond acceptors (Lipinski definition) is 4. The Morgan fingerprint density at radius 1 is 1.50 bits per heavy atom. The van der Waals surface area contributed by atoms with Crippen LogP contribution in [0.1, 0.15) is 24.5 Å². The Bertz CT molecular complexity index is 808. The molecule has 8 nitrogen and oxygen atoms in total. The molecule has 8 heteroatoms. The summed E-state index contributed by atoms with van der Waals surface area (Å²) in [7, 11) is 1.64. The van der Waals surface area contributed by atoms with Crippen molar-refractivity contribution in [3.8, 4) is 0 Å². The molecule has 1 aromatic carbocycles. The summed E-state index contributed by atoms with van der Waals surface area (Å²) in [4.78, 5) is 30.3. The van der Waals surface area contributed by atoms with Gasteiger partial charge in [0.2, 0.25) is 0 Å². The minimum atomic E-state index is -0.969. The standard InChI is InChI=1S/C14H15N5O3/c1-19-11-5-3-2-4-10(11)17-13(14(19)22)9(8-16-18-15)6-7-12(20)21/h2-5,9H,6-8H2,1H3,(H,20,21)/t9-/m1/s1. The lowest BCUT2D eigenvalue weighted by atomic mass is 9.99. The van der Waals surface area contributed by atoms with Crippen molar-refractivity contribution in [1.29, 1.82) is 0 Å². The first-order chi connectivity index (χ1) is 10.5. The first-order valence-corrected chi connectivity index (χ1v) is 6.73. The van der Waals surface area contributed by atoms with Gasteiger partial charge in [-0.05, 0) is 24.1 Å². The Morgan fingerprint density at radius 2 is 2.23 bits per heavy atom. The van der Waals surface area contributed by atoms with Crippen LogP contribution in [0.15, 0.2) is 34.2 Å². The smallest absolute Gasteiger partial charge is 0.303 e. The van der Waals surface area contributed by atoms with Crippen LogP contribution in [0.25, 0.3) is 21.5 Å². The summed E-state index contributed by atoms with van der Waals surface area (Å²) < 4.78 is 1.47. The molecule has 0 saturated heterocycles. The van der Waals surface area contributed by atoms with Crippen molar-refractivity contribution in [2.75, 3.05) is 6.54 Å². The summed E-state index contributed by atoms with van der Waals surface area (Å²) in [6, 6.07) is 7.18. The summed E-state index contributed by atoms with van der Waals surface area (Å²) in [5.74, 6) is -1.49. The second kappa shape index (κ2) is 6.73. The Labute approximate surface area is 125 Å². The molecule has 2 aromatic rings. The highest BCUT2D eigenvalue weighted by atomic mass is 16.4. The fourth-order valence-electron chi connectivity index (χ4n) is 2.31. The molecule has 0 radical (unpaired) electrons. The molecule has 0 spiro atoms. The van der Waals surface area contributed by atoms with Crippen LogP contribution < -0.4 is 5.56 Å². The van der Waals surface area contributed by atoms with Crippen LogP contribution in [-0.4, -0.2) is 27.2 Å². The van der Waals surface area contributed by atoms with E-state index in [1.165, 1.54) is 4.57 Å². The molecule has 0 unspecified atom stereocenters. The number of fused-ring (bicyclic) bond motifs is 1. The molecule has 0 aliphatic rings. The third-order valence-corrected chi connectivity index (χ3v) is 3.47. The van der Waals surface area contributed by atoms with E-state index < -0.39 is 11.9 Å². The zero-order valence-corrected chi connectivity index (χ0v) is 12.0. The maximum atomic E-state index is 12.5. The number of carbonyl (C=O) groups is 1. The van der Waals surface area contributed by atoms with Gasteiger partial charge < -0.3 is 9.67 Å². The van der Waals surface area contributed by atoms with Crippen LogP contribution in [0.2, 0.25) is 0 Å². The van der Waals surface area contributed by atoms with E-state index in [0.29, 0.717) is 11.0 Å². The fraction of sp³-hybridized carbons (Fsp3) is 0.357. The number of aryl methyl sites for hydroxylation is 1. The molecule has 1 atom stereocenters. The second-order valence-electron chi connectivity index (χ2n) is 4.89. The van der Waals surface area contributed by atoms with Gasteiger partial charge in [0.25, 0.3) is 5.56 Å². The molecule has 22 heavy (non-hydrogen) atoms. The number of azide groups is 1. The first kappa shape index (κ1) is 15.5. The van der Waals surface area contributed by atoms with Crippen LogP contribution in [0.4, 0.5) is 0 Å². The van der Waals surface area contributed by atoms with Crippen LogP contribution in [-0.2, 0) is 11.8 Å². The van der Waals surface area contributed by atoms with Crippen LogP contribution in [0.3, 0.4) is 0 Å². The Hall–Kier alpha value is -2.86. The number of hydrogen-bond donors (Lipinski definition) is 1. The molecule has 0 amide bonds. The van der Waals surface area contributed by atoms with Gasteiger partial charge in [0.1, 0.15) is 5.69 Å². The zero-order chi connectivity index (χ0) is 16.1. The number of carboxylic acid groups (broad SMARTS) is 1. The van der Waals surface area contributed by atoms with E-state index in [2.05, 4.69) is 15.0 Å². The van der Waals surface area contributed by atoms with Crippen molar-refractivity contribution >= 4 is 17.0 Å². The van der Waals surface area contributed by atoms with Crippen molar-refractivity contribution in [3.63, 3.8) is 0 Å². The highest BCUT2D eigenvalue weighted by Gasteiger charge is 2.19. The highest BCUT2D eigenvalue weighted by Crippen LogP contribution is 2.20. The van der Waals surface area contributed by atoms with Gasteiger partial charge >= 0.3 is 5.97 Å². The summed E-state index contributed by atoms with van der Waals surface area (Å²) in [6.45, 7) is 0.00433. The normalized spacial score (nSPS) is 11.9. The highest BCUT2D eigenvalue weighted by molar-refractivity contribution is 5.74. The molecular formula is C14H15N5O3. The lowest BCUT2D eigenvalue weighted by Crippen LogP contribution is -2.27. The number of aromatic nitrogens is 2. The minimum absolute atomic E-state index is 0.00433. The maximum absolute atomic E-state index is 12.5. The maximum Gasteiger partial charge on any atom is 0.303 e. The number of rotatable bonds is 6. The number of carboxylic acids is 1. The molecule has 0 aliphatic heterocycles. The lowest BCUT2D eigenvalue weighted by molar-refractivity contribution is -0.137. The van der Waals surface area contributed by atoms with E-state index >= 15 is 0 Å². The lowest BCUT2D eigenvalue weighted by Gasteiger charge is -2.14. The third-order valence-electron chi connectivity index (χ3n) is 3.47. The summed E-state index contributed by atoms with van der Waals surface area (Å²) in [5.41, 5.74) is 9.73. The predicted octanol–water partition coefficient (Wildman–Crippen LogP) is 2.19. The molecule has 1 N–H and O–H groups in total. The van der Waals surface area contributed by atoms with Gasteiger partial charge in [-0.25, -0.2) is 4.98 Å². The summed E-state index contributed by atoms with van der Waals surface area (Å²) in [6.07, 6.45) is 0.0677. The monoisotopic (exact) mass is 301 g/mol. The first-order valence-electron chi connectivity index (χ1n) is 6.73. The molecule has 1 aromatic heterocycles. The van der Waals surface area contributed by atoms with E-state index in [9.17, 15) is 9.59 Å². The van der Waals surface area contributed by atoms with Crippen molar-refractivity contribution in [2.24, 2.45) is 12.2 Å². The van der Waals surface area contributed by atoms with Crippen LogP contribution in [0.5, 0.6) is 0 Å². The van der Waals surface area contributed by atoms with E-state index in [4.69, 9.17) is 10.6 Å². The van der Waals surface area contributed by atoms with Crippen molar-refractivity contribution < 1.29 is 9.90 Å². The van der Waals surface area contributed by atoms with Crippen LogP contribution >= 0.6 is 0 Å². The molecule has 0 aliphatic carbocycles. The van der Waals surface area contributed by atoms with Gasteiger partial charge in [0.15, 0.2) is 0 Å². The molecule has 0 saturated carbocycles. The molecular weight excluding hydrogens is 286 g/mol. The topological polar surface area (TPSA) is 121 Å². The third kappa shape index (κ3) is 3.24. The van der Waals surface area contributed by atoms with Gasteiger partial charge in [0, 0.05) is 30.8 Å². The summed E-state index contributed by atoms with van der Waals surface area (Å²) >= 11 is 0. The number of para-hydroxylation sites is 2. The molecule has 2 rings (SSSR count). The number of benzene rings is 1. The summed E-state index contributed by atoms with van der Waals surface area (Å²) in [5, 5.41) is 12.3. The average Bonchev–Trinajstić information content (AvgIpc) is 2.51. The zero-order valence-electron chi connectivity index (χ0n) is 12.0. The van der Waals surface area contributed by atoms with Crippen LogP contribution in [0, 0.1) is 0 Å². The van der Waals surface area contributed by atoms with E-state index in [0.717, 1.165) is 0 Å². The van der Waals surface area contributed by atoms with E-state index in [-0.39, 0.29) is 30.6 Å². The van der Waals surface area contributed by atoms with Gasteiger partial charge in [0.05, 0.1) is 11.0 Å². The molecule has 1 heterocycles. The molecule has 0 fully saturated rings. The Balaban J connectivity index is 2.52. The Kier molecular flexibility index (Phi) is 4.75. The van der Waals surface area contributed by atoms with Crippen molar-refractivity contribution in [3.05, 3.63) is 50.8 Å². The predicted molar refractivity (Wildman–Crippen MR) is 80.6 cm³/mol. The van der Waals surface area contributed by atoms with Crippen molar-refractivity contribution in [1.82, 2.24) is 9.55 Å². The van der Waals surface area contributed by atoms with Gasteiger partial charge in [-0.3, -0.25) is 9.59 Å². The fourth-order valence-corrected chi connectivity index (χ4v) is 2.31. The van der Waals surface area contributed by atoms with Crippen molar-refractivity contribution in [2.45, 2.75) is 18.8 Å². The number of nitrogens with zero attached hydrogens (tertiary/aromatic N) is 5. The minimum Gasteiger partial charge on any atom is -0.481 e. The van der Waals surface area contributed by atoms with E-state index in [1.54, 1.807) is 19.2 Å². The van der Waals surface area contributed by atoms with Gasteiger partial charge in [-0.2, -0.15) is 0 Å². The largest absolute Gasteiger partial charge is 0.481 e. The number of aliphatic carboxylic acids is 1. The Morgan fingerprint density at radius 3 is 2.91 bits per heavy atom. The molecule has 114 valence electrons. The SMILES string of the molecule is Cn1c(=O)c([C@H](CCC(=O)O)CN=[N+]=[N-])nc2ccccc21. The van der Waals surface area contributed by atoms with Gasteiger partial charge in [-0.1, -0.05) is 17.2 Å². The van der Waals surface area contributed by atoms with Gasteiger partial charge in [-0.15, -0.1) is 0 Å². The molecule has 0 bridgehead atoms. The van der Waals surface area contributed by atoms with E-state index in [1.807, 2.05) is 12.1 Å². The quantitative estimate of drug-likeness (QED) is 0.499. The average molecular weight is 301 g/mol.